The van der Waals surface area contributed by atoms with Crippen LogP contribution in [-0.4, -0.2) is 31.0 Å². The van der Waals surface area contributed by atoms with Gasteiger partial charge in [0.15, 0.2) is 0 Å². The number of ether oxygens (including phenoxy) is 2. The predicted octanol–water partition coefficient (Wildman–Crippen LogP) is 3.39. The van der Waals surface area contributed by atoms with E-state index in [9.17, 15) is 9.59 Å². The maximum absolute atomic E-state index is 11.9. The van der Waals surface area contributed by atoms with Crippen LogP contribution in [0.5, 0.6) is 0 Å². The molecular weight excluding hydrogens is 338 g/mol. The highest BCUT2D eigenvalue weighted by Crippen LogP contribution is 2.13. The third-order valence-corrected chi connectivity index (χ3v) is 4.49. The number of carbonyl (C=O) groups is 2. The molecule has 1 N–H and O–H groups in total. The average molecular weight is 359 g/mol. The van der Waals surface area contributed by atoms with Crippen molar-refractivity contribution < 1.29 is 19.1 Å². The molecule has 2 rings (SSSR count). The molecule has 0 saturated heterocycles. The van der Waals surface area contributed by atoms with Crippen molar-refractivity contribution in [2.24, 2.45) is 0 Å². The number of carbonyl (C=O) groups excluding carboxylic acids is 2. The molecule has 1 amide bonds. The summed E-state index contributed by atoms with van der Waals surface area (Å²) in [6.07, 6.45) is -0.639. The summed E-state index contributed by atoms with van der Waals surface area (Å²) in [6, 6.07) is 18.5. The van der Waals surface area contributed by atoms with Gasteiger partial charge in [-0.2, -0.15) is 11.8 Å². The maximum Gasteiger partial charge on any atom is 0.408 e. The molecule has 0 saturated carbocycles. The maximum atomic E-state index is 11.9. The molecule has 5 nitrogen and oxygen atoms in total. The first-order valence-corrected chi connectivity index (χ1v) is 9.01. The van der Waals surface area contributed by atoms with Gasteiger partial charge in [-0.3, -0.25) is 0 Å². The first kappa shape index (κ1) is 18.9. The van der Waals surface area contributed by atoms with Gasteiger partial charge in [0.25, 0.3) is 0 Å². The van der Waals surface area contributed by atoms with Crippen LogP contribution < -0.4 is 5.32 Å². The van der Waals surface area contributed by atoms with E-state index < -0.39 is 18.1 Å². The molecule has 25 heavy (non-hydrogen) atoms. The lowest BCUT2D eigenvalue weighted by atomic mass is 10.2. The molecule has 2 aromatic rings. The highest BCUT2D eigenvalue weighted by atomic mass is 32.2. The molecule has 1 atom stereocenters. The van der Waals surface area contributed by atoms with Gasteiger partial charge in [0.2, 0.25) is 0 Å². The molecule has 132 valence electrons. The minimum Gasteiger partial charge on any atom is -0.467 e. The van der Waals surface area contributed by atoms with Crippen molar-refractivity contribution in [1.29, 1.82) is 0 Å². The first-order chi connectivity index (χ1) is 12.2. The number of benzene rings is 2. The Morgan fingerprint density at radius 3 is 2.20 bits per heavy atom. The molecule has 0 bridgehead atoms. The molecule has 0 fully saturated rings. The molecule has 0 aliphatic rings. The Balaban J connectivity index is 1.80. The number of rotatable bonds is 8. The van der Waals surface area contributed by atoms with Crippen LogP contribution in [0.3, 0.4) is 0 Å². The molecule has 0 aromatic heterocycles. The zero-order valence-corrected chi connectivity index (χ0v) is 14.8. The van der Waals surface area contributed by atoms with Crippen LogP contribution >= 0.6 is 11.8 Å². The van der Waals surface area contributed by atoms with Crippen LogP contribution in [0.15, 0.2) is 60.7 Å². The monoisotopic (exact) mass is 359 g/mol. The lowest BCUT2D eigenvalue weighted by Gasteiger charge is -2.16. The van der Waals surface area contributed by atoms with Crippen molar-refractivity contribution in [3.63, 3.8) is 0 Å². The normalized spacial score (nSPS) is 11.4. The van der Waals surface area contributed by atoms with Gasteiger partial charge in [0.1, 0.15) is 12.6 Å². The molecule has 2 aromatic carbocycles. The van der Waals surface area contributed by atoms with Crippen LogP contribution in [0.4, 0.5) is 4.79 Å². The fourth-order valence-electron chi connectivity index (χ4n) is 2.09. The third-order valence-electron chi connectivity index (χ3n) is 3.39. The second-order valence-electron chi connectivity index (χ2n) is 5.28. The van der Waals surface area contributed by atoms with E-state index in [4.69, 9.17) is 9.47 Å². The molecule has 0 heterocycles. The van der Waals surface area contributed by atoms with E-state index in [1.807, 2.05) is 60.7 Å². The van der Waals surface area contributed by atoms with Crippen molar-refractivity contribution in [3.8, 4) is 0 Å². The minimum atomic E-state index is -0.748. The first-order valence-electron chi connectivity index (χ1n) is 7.85. The number of thioether (sulfide) groups is 1. The Morgan fingerprint density at radius 2 is 1.60 bits per heavy atom. The summed E-state index contributed by atoms with van der Waals surface area (Å²) in [7, 11) is 1.30. The Kier molecular flexibility index (Phi) is 7.85. The van der Waals surface area contributed by atoms with Gasteiger partial charge in [-0.05, 0) is 11.1 Å². The number of esters is 1. The summed E-state index contributed by atoms with van der Waals surface area (Å²) in [6.45, 7) is 0.151. The van der Waals surface area contributed by atoms with Crippen molar-refractivity contribution in [1.82, 2.24) is 5.32 Å². The number of hydrogen-bond acceptors (Lipinski definition) is 5. The zero-order chi connectivity index (χ0) is 17.9. The van der Waals surface area contributed by atoms with Crippen LogP contribution in [0.2, 0.25) is 0 Å². The number of methoxy groups -OCH3 is 1. The topological polar surface area (TPSA) is 64.6 Å². The van der Waals surface area contributed by atoms with E-state index in [-0.39, 0.29) is 6.61 Å². The molecule has 0 spiro atoms. The fourth-order valence-corrected chi connectivity index (χ4v) is 3.09. The van der Waals surface area contributed by atoms with E-state index in [1.54, 1.807) is 11.8 Å². The summed E-state index contributed by atoms with van der Waals surface area (Å²) in [4.78, 5) is 23.8. The van der Waals surface area contributed by atoms with Crippen LogP contribution in [0.1, 0.15) is 11.1 Å². The van der Waals surface area contributed by atoms with E-state index in [1.165, 1.54) is 7.11 Å². The standard InChI is InChI=1S/C19H21NO4S/c1-23-18(21)17(14-25-13-16-10-6-3-7-11-16)20-19(22)24-12-15-8-4-2-5-9-15/h2-11,17H,12-14H2,1H3,(H,20,22)/t17-/m1/s1. The summed E-state index contributed by atoms with van der Waals surface area (Å²) in [5.41, 5.74) is 2.04. The Bertz CT molecular complexity index is 664. The van der Waals surface area contributed by atoms with Crippen molar-refractivity contribution in [3.05, 3.63) is 71.8 Å². The Morgan fingerprint density at radius 1 is 1.00 bits per heavy atom. The highest BCUT2D eigenvalue weighted by Gasteiger charge is 2.22. The number of nitrogens with one attached hydrogen (secondary N) is 1. The molecule has 6 heteroatoms. The smallest absolute Gasteiger partial charge is 0.408 e. The van der Waals surface area contributed by atoms with E-state index in [0.29, 0.717) is 5.75 Å². The van der Waals surface area contributed by atoms with Crippen molar-refractivity contribution in [2.75, 3.05) is 12.9 Å². The van der Waals surface area contributed by atoms with Gasteiger partial charge < -0.3 is 14.8 Å². The zero-order valence-electron chi connectivity index (χ0n) is 14.0. The van der Waals surface area contributed by atoms with Gasteiger partial charge in [0.05, 0.1) is 7.11 Å². The lowest BCUT2D eigenvalue weighted by Crippen LogP contribution is -2.43. The van der Waals surface area contributed by atoms with Gasteiger partial charge >= 0.3 is 12.1 Å². The van der Waals surface area contributed by atoms with E-state index in [0.717, 1.165) is 16.9 Å². The van der Waals surface area contributed by atoms with E-state index in [2.05, 4.69) is 5.32 Å². The fraction of sp³-hybridized carbons (Fsp3) is 0.263. The van der Waals surface area contributed by atoms with Gasteiger partial charge in [-0.25, -0.2) is 9.59 Å². The second-order valence-corrected chi connectivity index (χ2v) is 6.31. The summed E-state index contributed by atoms with van der Waals surface area (Å²) < 4.78 is 9.91. The van der Waals surface area contributed by atoms with Crippen LogP contribution in [0.25, 0.3) is 0 Å². The Hall–Kier alpha value is -2.47. The number of hydrogen-bond donors (Lipinski definition) is 1. The molecule has 0 aliphatic heterocycles. The summed E-state index contributed by atoms with van der Waals surface area (Å²) in [5, 5.41) is 2.57. The molecule has 0 unspecified atom stereocenters. The number of amides is 1. The van der Waals surface area contributed by atoms with Crippen molar-refractivity contribution in [2.45, 2.75) is 18.4 Å². The van der Waals surface area contributed by atoms with E-state index >= 15 is 0 Å². The van der Waals surface area contributed by atoms with Gasteiger partial charge in [-0.15, -0.1) is 0 Å². The quantitative estimate of drug-likeness (QED) is 0.732. The Labute approximate surface area is 151 Å². The van der Waals surface area contributed by atoms with Gasteiger partial charge in [-0.1, -0.05) is 60.7 Å². The SMILES string of the molecule is COC(=O)[C@@H](CSCc1ccccc1)NC(=O)OCc1ccccc1. The molecule has 0 radical (unpaired) electrons. The predicted molar refractivity (Wildman–Crippen MR) is 98.2 cm³/mol. The molecule has 0 aliphatic carbocycles. The average Bonchev–Trinajstić information content (AvgIpc) is 2.66. The summed E-state index contributed by atoms with van der Waals surface area (Å²) in [5.74, 6) is 0.661. The van der Waals surface area contributed by atoms with Crippen LogP contribution in [0, 0.1) is 0 Å². The lowest BCUT2D eigenvalue weighted by molar-refractivity contribution is -0.142. The van der Waals surface area contributed by atoms with Crippen molar-refractivity contribution >= 4 is 23.8 Å². The highest BCUT2D eigenvalue weighted by molar-refractivity contribution is 7.98. The molecular formula is C19H21NO4S. The third kappa shape index (κ3) is 6.89. The van der Waals surface area contributed by atoms with Crippen LogP contribution in [-0.2, 0) is 26.6 Å². The van der Waals surface area contributed by atoms with Gasteiger partial charge in [0, 0.05) is 11.5 Å². The summed E-state index contributed by atoms with van der Waals surface area (Å²) >= 11 is 1.54. The number of alkyl carbamates (subject to hydrolysis) is 1. The minimum absolute atomic E-state index is 0.151. The largest absolute Gasteiger partial charge is 0.467 e. The second kappa shape index (κ2) is 10.4.